The number of phenolic OH excluding ortho intramolecular Hbond substituents is 1. The molecular formula is C18H27NO6. The Labute approximate surface area is 148 Å². The van der Waals surface area contributed by atoms with Crippen LogP contribution >= 0.6 is 0 Å². The van der Waals surface area contributed by atoms with Crippen molar-refractivity contribution in [2.45, 2.75) is 19.4 Å². The molecule has 0 amide bonds. The molecule has 7 heteroatoms. The van der Waals surface area contributed by atoms with Crippen LogP contribution in [-0.4, -0.2) is 69.9 Å². The number of methoxy groups -OCH3 is 1. The molecule has 140 valence electrons. The number of ether oxygens (including phenoxy) is 5. The van der Waals surface area contributed by atoms with E-state index in [0.29, 0.717) is 63.5 Å². The predicted octanol–water partition coefficient (Wildman–Crippen LogP) is 2.01. The maximum absolute atomic E-state index is 10.4. The van der Waals surface area contributed by atoms with Crippen molar-refractivity contribution in [3.63, 3.8) is 0 Å². The minimum absolute atomic E-state index is 0.0295. The summed E-state index contributed by atoms with van der Waals surface area (Å²) in [6.45, 7) is 7.31. The van der Waals surface area contributed by atoms with Crippen molar-refractivity contribution >= 4 is 5.90 Å². The number of rotatable bonds is 11. The molecule has 0 saturated heterocycles. The van der Waals surface area contributed by atoms with Crippen LogP contribution in [0.15, 0.2) is 23.2 Å². The largest absolute Gasteiger partial charge is 0.504 e. The molecule has 1 aromatic carbocycles. The number of aliphatic imine (C=N–C) groups is 1. The smallest absolute Gasteiger partial charge is 0.220 e. The standard InChI is InChI=1S/C18H27NO6/c1-18(2)13-25-17(19-18)14-5-4-6-15(16(14)20)24-12-11-23-10-9-22-8-7-21-3/h4-6,20H,7-13H2,1-3H3. The van der Waals surface area contributed by atoms with E-state index >= 15 is 0 Å². The van der Waals surface area contributed by atoms with Crippen molar-refractivity contribution in [3.05, 3.63) is 23.8 Å². The lowest BCUT2D eigenvalue weighted by Crippen LogP contribution is -2.17. The van der Waals surface area contributed by atoms with Gasteiger partial charge in [0.15, 0.2) is 11.5 Å². The zero-order chi connectivity index (χ0) is 18.1. The van der Waals surface area contributed by atoms with Gasteiger partial charge in [-0.1, -0.05) is 6.07 Å². The van der Waals surface area contributed by atoms with Crippen LogP contribution in [0.5, 0.6) is 11.5 Å². The number of hydrogen-bond donors (Lipinski definition) is 1. The van der Waals surface area contributed by atoms with E-state index in [-0.39, 0.29) is 11.3 Å². The summed E-state index contributed by atoms with van der Waals surface area (Å²) in [4.78, 5) is 4.48. The predicted molar refractivity (Wildman–Crippen MR) is 93.7 cm³/mol. The number of benzene rings is 1. The maximum atomic E-state index is 10.4. The van der Waals surface area contributed by atoms with Gasteiger partial charge < -0.3 is 28.8 Å². The quantitative estimate of drug-likeness (QED) is 0.613. The van der Waals surface area contributed by atoms with Gasteiger partial charge in [0.25, 0.3) is 0 Å². The molecule has 1 aromatic rings. The van der Waals surface area contributed by atoms with Gasteiger partial charge in [0.2, 0.25) is 5.90 Å². The van der Waals surface area contributed by atoms with Crippen LogP contribution in [0.4, 0.5) is 0 Å². The van der Waals surface area contributed by atoms with Gasteiger partial charge in [-0.3, -0.25) is 0 Å². The topological polar surface area (TPSA) is 78.7 Å². The molecule has 0 atom stereocenters. The fraction of sp³-hybridized carbons (Fsp3) is 0.611. The highest BCUT2D eigenvalue weighted by molar-refractivity contribution is 5.98. The van der Waals surface area contributed by atoms with Crippen molar-refractivity contribution in [1.29, 1.82) is 0 Å². The summed E-state index contributed by atoms with van der Waals surface area (Å²) in [5, 5.41) is 10.4. The monoisotopic (exact) mass is 353 g/mol. The minimum Gasteiger partial charge on any atom is -0.504 e. The third-order valence-corrected chi connectivity index (χ3v) is 3.48. The van der Waals surface area contributed by atoms with E-state index < -0.39 is 0 Å². The van der Waals surface area contributed by atoms with Crippen molar-refractivity contribution in [2.75, 3.05) is 53.4 Å². The lowest BCUT2D eigenvalue weighted by atomic mass is 10.1. The molecule has 2 rings (SSSR count). The fourth-order valence-electron chi connectivity index (χ4n) is 2.21. The van der Waals surface area contributed by atoms with Gasteiger partial charge in [-0.25, -0.2) is 4.99 Å². The normalized spacial score (nSPS) is 15.7. The summed E-state index contributed by atoms with van der Waals surface area (Å²) in [6, 6.07) is 5.26. The molecule has 0 radical (unpaired) electrons. The van der Waals surface area contributed by atoms with Gasteiger partial charge >= 0.3 is 0 Å². The molecule has 0 saturated carbocycles. The zero-order valence-electron chi connectivity index (χ0n) is 15.1. The maximum Gasteiger partial charge on any atom is 0.220 e. The van der Waals surface area contributed by atoms with E-state index in [9.17, 15) is 5.11 Å². The Bertz CT molecular complexity index is 573. The van der Waals surface area contributed by atoms with Crippen LogP contribution in [-0.2, 0) is 18.9 Å². The number of aromatic hydroxyl groups is 1. The fourth-order valence-corrected chi connectivity index (χ4v) is 2.21. The summed E-state index contributed by atoms with van der Waals surface area (Å²) in [5.74, 6) is 0.854. The highest BCUT2D eigenvalue weighted by Gasteiger charge is 2.29. The average Bonchev–Trinajstić information content (AvgIpc) is 2.94. The first kappa shape index (κ1) is 19.5. The summed E-state index contributed by atoms with van der Waals surface area (Å²) in [6.07, 6.45) is 0. The van der Waals surface area contributed by atoms with Crippen molar-refractivity contribution in [3.8, 4) is 11.5 Å². The Morgan fingerprint density at radius 2 is 1.76 bits per heavy atom. The van der Waals surface area contributed by atoms with Crippen LogP contribution in [0.3, 0.4) is 0 Å². The van der Waals surface area contributed by atoms with E-state index in [1.165, 1.54) is 0 Å². The van der Waals surface area contributed by atoms with Crippen LogP contribution in [0.25, 0.3) is 0 Å². The molecule has 1 N–H and O–H groups in total. The van der Waals surface area contributed by atoms with Crippen LogP contribution in [0, 0.1) is 0 Å². The number of para-hydroxylation sites is 1. The number of hydrogen-bond acceptors (Lipinski definition) is 7. The first-order chi connectivity index (χ1) is 12.0. The van der Waals surface area contributed by atoms with Crippen molar-refractivity contribution < 1.29 is 28.8 Å². The Balaban J connectivity index is 1.75. The molecule has 1 aliphatic rings. The first-order valence-corrected chi connectivity index (χ1v) is 8.36. The van der Waals surface area contributed by atoms with Gasteiger partial charge in [-0.2, -0.15) is 0 Å². The van der Waals surface area contributed by atoms with Crippen molar-refractivity contribution in [2.24, 2.45) is 4.99 Å². The highest BCUT2D eigenvalue weighted by Crippen LogP contribution is 2.33. The molecule has 7 nitrogen and oxygen atoms in total. The molecule has 0 unspecified atom stereocenters. The summed E-state index contributed by atoms with van der Waals surface area (Å²) in [5.41, 5.74) is 0.258. The Hall–Kier alpha value is -1.83. The second-order valence-corrected chi connectivity index (χ2v) is 6.24. The van der Waals surface area contributed by atoms with E-state index in [0.717, 1.165) is 0 Å². The second-order valence-electron chi connectivity index (χ2n) is 6.24. The van der Waals surface area contributed by atoms with Crippen molar-refractivity contribution in [1.82, 2.24) is 0 Å². The molecule has 1 heterocycles. The van der Waals surface area contributed by atoms with Gasteiger partial charge in [-0.05, 0) is 26.0 Å². The number of phenols is 1. The van der Waals surface area contributed by atoms with Gasteiger partial charge in [-0.15, -0.1) is 0 Å². The first-order valence-electron chi connectivity index (χ1n) is 8.36. The SMILES string of the molecule is COCCOCCOCCOc1cccc(C2=NC(C)(C)CO2)c1O. The Kier molecular flexibility index (Phi) is 7.49. The zero-order valence-corrected chi connectivity index (χ0v) is 15.1. The lowest BCUT2D eigenvalue weighted by molar-refractivity contribution is 0.0178. The van der Waals surface area contributed by atoms with Gasteiger partial charge in [0, 0.05) is 7.11 Å². The summed E-state index contributed by atoms with van der Waals surface area (Å²) >= 11 is 0. The molecular weight excluding hydrogens is 326 g/mol. The Morgan fingerprint density at radius 3 is 2.40 bits per heavy atom. The molecule has 0 aliphatic carbocycles. The van der Waals surface area contributed by atoms with Crippen LogP contribution in [0.1, 0.15) is 19.4 Å². The third kappa shape index (κ3) is 6.19. The molecule has 0 spiro atoms. The van der Waals surface area contributed by atoms with E-state index in [2.05, 4.69) is 4.99 Å². The Morgan fingerprint density at radius 1 is 1.08 bits per heavy atom. The third-order valence-electron chi connectivity index (χ3n) is 3.48. The molecule has 0 aromatic heterocycles. The van der Waals surface area contributed by atoms with E-state index in [1.54, 1.807) is 25.3 Å². The molecule has 1 aliphatic heterocycles. The molecule has 0 fully saturated rings. The van der Waals surface area contributed by atoms with Gasteiger partial charge in [0.1, 0.15) is 13.2 Å². The molecule has 25 heavy (non-hydrogen) atoms. The summed E-state index contributed by atoms with van der Waals surface area (Å²) in [7, 11) is 1.63. The number of nitrogens with zero attached hydrogens (tertiary/aromatic N) is 1. The van der Waals surface area contributed by atoms with Crippen LogP contribution < -0.4 is 4.74 Å². The van der Waals surface area contributed by atoms with E-state index in [1.807, 2.05) is 13.8 Å². The molecule has 0 bridgehead atoms. The lowest BCUT2D eigenvalue weighted by Gasteiger charge is -2.11. The van der Waals surface area contributed by atoms with Gasteiger partial charge in [0.05, 0.1) is 44.1 Å². The average molecular weight is 353 g/mol. The second kappa shape index (κ2) is 9.60. The highest BCUT2D eigenvalue weighted by atomic mass is 16.6. The minimum atomic E-state index is -0.280. The summed E-state index contributed by atoms with van der Waals surface area (Å²) < 4.78 is 26.7. The van der Waals surface area contributed by atoms with E-state index in [4.69, 9.17) is 23.7 Å². The van der Waals surface area contributed by atoms with Crippen LogP contribution in [0.2, 0.25) is 0 Å².